The average molecular weight is 315 g/mol. The number of nitrogens with zero attached hydrogens (tertiary/aromatic N) is 1. The maximum atomic E-state index is 13.4. The monoisotopic (exact) mass is 315 g/mol. The quantitative estimate of drug-likeness (QED) is 0.825. The van der Waals surface area contributed by atoms with Crippen LogP contribution in [0.1, 0.15) is 5.56 Å². The standard InChI is InChI=1S/C18H22FN3O/c1-22(16-8-3-2-4-9-16)14-13-21-18(23)20-12-11-15-7-5-6-10-17(15)19/h2-10H,11-14H2,1H3,(H2,20,21,23). The first kappa shape index (κ1) is 16.8. The molecule has 4 nitrogen and oxygen atoms in total. The van der Waals surface area contributed by atoms with Crippen LogP contribution in [0, 0.1) is 5.82 Å². The number of benzene rings is 2. The molecule has 5 heteroatoms. The van der Waals surface area contributed by atoms with E-state index >= 15 is 0 Å². The van der Waals surface area contributed by atoms with Crippen LogP contribution in [0.5, 0.6) is 0 Å². The van der Waals surface area contributed by atoms with Gasteiger partial charge < -0.3 is 15.5 Å². The van der Waals surface area contributed by atoms with Gasteiger partial charge in [0, 0.05) is 32.4 Å². The van der Waals surface area contributed by atoms with Gasteiger partial charge in [-0.1, -0.05) is 36.4 Å². The second kappa shape index (κ2) is 8.78. The summed E-state index contributed by atoms with van der Waals surface area (Å²) in [4.78, 5) is 13.8. The summed E-state index contributed by atoms with van der Waals surface area (Å²) in [5.74, 6) is -0.237. The smallest absolute Gasteiger partial charge is 0.314 e. The van der Waals surface area contributed by atoms with Gasteiger partial charge in [-0.25, -0.2) is 9.18 Å². The van der Waals surface area contributed by atoms with Crippen LogP contribution in [0.25, 0.3) is 0 Å². The normalized spacial score (nSPS) is 10.2. The van der Waals surface area contributed by atoms with Crippen LogP contribution < -0.4 is 15.5 Å². The second-order valence-corrected chi connectivity index (χ2v) is 5.28. The molecular formula is C18H22FN3O. The minimum Gasteiger partial charge on any atom is -0.373 e. The number of anilines is 1. The van der Waals surface area contributed by atoms with Gasteiger partial charge in [-0.15, -0.1) is 0 Å². The van der Waals surface area contributed by atoms with Gasteiger partial charge >= 0.3 is 6.03 Å². The van der Waals surface area contributed by atoms with Gasteiger partial charge in [-0.3, -0.25) is 0 Å². The minimum atomic E-state index is -0.237. The number of hydrogen-bond acceptors (Lipinski definition) is 2. The molecule has 0 aliphatic carbocycles. The van der Waals surface area contributed by atoms with Crippen molar-refractivity contribution in [1.29, 1.82) is 0 Å². The Morgan fingerprint density at radius 2 is 1.65 bits per heavy atom. The first-order valence-corrected chi connectivity index (χ1v) is 7.68. The first-order chi connectivity index (χ1) is 11.2. The van der Waals surface area contributed by atoms with Crippen LogP contribution in [0.2, 0.25) is 0 Å². The Kier molecular flexibility index (Phi) is 6.41. The minimum absolute atomic E-state index is 0.234. The molecule has 0 saturated heterocycles. The summed E-state index contributed by atoms with van der Waals surface area (Å²) in [6.45, 7) is 1.66. The summed E-state index contributed by atoms with van der Waals surface area (Å²) in [6.07, 6.45) is 0.476. The number of carbonyl (C=O) groups excluding carboxylic acids is 1. The summed E-state index contributed by atoms with van der Waals surface area (Å²) >= 11 is 0. The van der Waals surface area contributed by atoms with Crippen molar-refractivity contribution in [3.05, 3.63) is 66.0 Å². The summed E-state index contributed by atoms with van der Waals surface area (Å²) in [5.41, 5.74) is 1.71. The fourth-order valence-electron chi connectivity index (χ4n) is 2.22. The van der Waals surface area contributed by atoms with Gasteiger partial charge in [-0.05, 0) is 30.2 Å². The molecule has 0 unspecified atom stereocenters. The molecule has 0 fully saturated rings. The van der Waals surface area contributed by atoms with Crippen molar-refractivity contribution in [3.8, 4) is 0 Å². The zero-order valence-corrected chi connectivity index (χ0v) is 13.3. The van der Waals surface area contributed by atoms with E-state index in [1.807, 2.05) is 37.4 Å². The van der Waals surface area contributed by atoms with Gasteiger partial charge in [0.25, 0.3) is 0 Å². The molecule has 2 aromatic carbocycles. The van der Waals surface area contributed by atoms with Crippen LogP contribution in [-0.2, 0) is 6.42 Å². The molecule has 0 atom stereocenters. The molecule has 2 rings (SSSR count). The zero-order chi connectivity index (χ0) is 16.5. The Labute approximate surface area is 136 Å². The van der Waals surface area contributed by atoms with Gasteiger partial charge in [0.1, 0.15) is 5.82 Å². The molecule has 2 aromatic rings. The molecule has 0 aliphatic heterocycles. The number of likely N-dealkylation sites (N-methyl/N-ethyl adjacent to an activating group) is 1. The number of nitrogens with one attached hydrogen (secondary N) is 2. The third-order valence-corrected chi connectivity index (χ3v) is 3.57. The van der Waals surface area contributed by atoms with Gasteiger partial charge in [0.2, 0.25) is 0 Å². The highest BCUT2D eigenvalue weighted by molar-refractivity contribution is 5.73. The largest absolute Gasteiger partial charge is 0.373 e. The first-order valence-electron chi connectivity index (χ1n) is 7.68. The molecule has 23 heavy (non-hydrogen) atoms. The zero-order valence-electron chi connectivity index (χ0n) is 13.3. The van der Waals surface area contributed by atoms with Crippen LogP contribution >= 0.6 is 0 Å². The molecular weight excluding hydrogens is 293 g/mol. The molecule has 2 N–H and O–H groups in total. The topological polar surface area (TPSA) is 44.4 Å². The van der Waals surface area contributed by atoms with E-state index in [1.54, 1.807) is 18.2 Å². The van der Waals surface area contributed by atoms with Crippen molar-refractivity contribution in [2.45, 2.75) is 6.42 Å². The predicted molar refractivity (Wildman–Crippen MR) is 91.2 cm³/mol. The Morgan fingerprint density at radius 1 is 1.00 bits per heavy atom. The Hall–Kier alpha value is -2.56. The third-order valence-electron chi connectivity index (χ3n) is 3.57. The van der Waals surface area contributed by atoms with E-state index in [1.165, 1.54) is 6.07 Å². The second-order valence-electron chi connectivity index (χ2n) is 5.28. The Morgan fingerprint density at radius 3 is 2.39 bits per heavy atom. The molecule has 0 radical (unpaired) electrons. The molecule has 122 valence electrons. The predicted octanol–water partition coefficient (Wildman–Crippen LogP) is 2.80. The van der Waals surface area contributed by atoms with E-state index in [0.29, 0.717) is 31.6 Å². The lowest BCUT2D eigenvalue weighted by molar-refractivity contribution is 0.241. The fourth-order valence-corrected chi connectivity index (χ4v) is 2.22. The summed E-state index contributed by atoms with van der Waals surface area (Å²) in [5, 5.41) is 5.54. The Balaban J connectivity index is 1.63. The van der Waals surface area contributed by atoms with E-state index in [4.69, 9.17) is 0 Å². The van der Waals surface area contributed by atoms with Crippen molar-refractivity contribution < 1.29 is 9.18 Å². The number of urea groups is 1. The van der Waals surface area contributed by atoms with Gasteiger partial charge in [0.15, 0.2) is 0 Å². The summed E-state index contributed by atoms with van der Waals surface area (Å²) in [6, 6.07) is 16.3. The highest BCUT2D eigenvalue weighted by atomic mass is 19.1. The fraction of sp³-hybridized carbons (Fsp3) is 0.278. The molecule has 0 saturated carbocycles. The summed E-state index contributed by atoms with van der Waals surface area (Å²) in [7, 11) is 1.98. The van der Waals surface area contributed by atoms with Gasteiger partial charge in [0.05, 0.1) is 0 Å². The number of carbonyl (C=O) groups is 1. The number of halogens is 1. The highest BCUT2D eigenvalue weighted by Crippen LogP contribution is 2.09. The molecule has 0 aromatic heterocycles. The van der Waals surface area contributed by atoms with E-state index in [0.717, 1.165) is 5.69 Å². The average Bonchev–Trinajstić information content (AvgIpc) is 2.57. The van der Waals surface area contributed by atoms with Gasteiger partial charge in [-0.2, -0.15) is 0 Å². The molecule has 0 spiro atoms. The number of para-hydroxylation sites is 1. The van der Waals surface area contributed by atoms with Crippen molar-refractivity contribution in [1.82, 2.24) is 10.6 Å². The van der Waals surface area contributed by atoms with E-state index in [-0.39, 0.29) is 11.8 Å². The van der Waals surface area contributed by atoms with Crippen LogP contribution in [0.4, 0.5) is 14.9 Å². The van der Waals surface area contributed by atoms with Crippen molar-refractivity contribution >= 4 is 11.7 Å². The highest BCUT2D eigenvalue weighted by Gasteiger charge is 2.04. The number of amides is 2. The number of hydrogen-bond donors (Lipinski definition) is 2. The SMILES string of the molecule is CN(CCNC(=O)NCCc1ccccc1F)c1ccccc1. The van der Waals surface area contributed by atoms with Crippen LogP contribution in [0.15, 0.2) is 54.6 Å². The third kappa shape index (κ3) is 5.62. The summed E-state index contributed by atoms with van der Waals surface area (Å²) < 4.78 is 13.4. The van der Waals surface area contributed by atoms with Crippen molar-refractivity contribution in [2.24, 2.45) is 0 Å². The van der Waals surface area contributed by atoms with E-state index in [2.05, 4.69) is 15.5 Å². The number of rotatable bonds is 7. The lowest BCUT2D eigenvalue weighted by Gasteiger charge is -2.19. The van der Waals surface area contributed by atoms with E-state index in [9.17, 15) is 9.18 Å². The Bertz CT molecular complexity index is 619. The molecule has 0 bridgehead atoms. The molecule has 0 aliphatic rings. The molecule has 2 amide bonds. The maximum absolute atomic E-state index is 13.4. The lowest BCUT2D eigenvalue weighted by Crippen LogP contribution is -2.40. The maximum Gasteiger partial charge on any atom is 0.314 e. The van der Waals surface area contributed by atoms with Crippen molar-refractivity contribution in [3.63, 3.8) is 0 Å². The lowest BCUT2D eigenvalue weighted by atomic mass is 10.1. The van der Waals surface area contributed by atoms with E-state index < -0.39 is 0 Å². The van der Waals surface area contributed by atoms with Crippen LogP contribution in [-0.4, -0.2) is 32.7 Å². The van der Waals surface area contributed by atoms with Crippen LogP contribution in [0.3, 0.4) is 0 Å². The molecule has 0 heterocycles. The van der Waals surface area contributed by atoms with Crippen molar-refractivity contribution in [2.75, 3.05) is 31.6 Å².